The highest BCUT2D eigenvalue weighted by atomic mass is 79.9. The third kappa shape index (κ3) is 4.22. The summed E-state index contributed by atoms with van der Waals surface area (Å²) in [6.07, 6.45) is 4.76. The summed E-state index contributed by atoms with van der Waals surface area (Å²) in [5.74, 6) is -0.339. The van der Waals surface area contributed by atoms with E-state index in [1.165, 1.54) is 17.0 Å². The predicted molar refractivity (Wildman–Crippen MR) is 68.7 cm³/mol. The van der Waals surface area contributed by atoms with Crippen LogP contribution in [0, 0.1) is 0 Å². The average molecular weight is 303 g/mol. The van der Waals surface area contributed by atoms with E-state index in [1.807, 2.05) is 6.92 Å². The molecule has 0 spiro atoms. The number of esters is 1. The van der Waals surface area contributed by atoms with Crippen molar-refractivity contribution in [2.75, 3.05) is 12.3 Å². The zero-order valence-electron chi connectivity index (χ0n) is 9.61. The number of halogens is 1. The first-order valence-electron chi connectivity index (χ1n) is 5.35. The van der Waals surface area contributed by atoms with Gasteiger partial charge in [0.25, 0.3) is 0 Å². The number of carbonyl (C=O) groups is 1. The monoisotopic (exact) mass is 302 g/mol. The van der Waals surface area contributed by atoms with Crippen LogP contribution in [-0.2, 0) is 16.1 Å². The van der Waals surface area contributed by atoms with Gasteiger partial charge >= 0.3 is 5.97 Å². The summed E-state index contributed by atoms with van der Waals surface area (Å²) in [5, 5.41) is 0. The van der Waals surface area contributed by atoms with E-state index in [0.29, 0.717) is 11.1 Å². The van der Waals surface area contributed by atoms with Crippen molar-refractivity contribution < 1.29 is 9.53 Å². The number of nitrogens with zero attached hydrogens (tertiary/aromatic N) is 1. The van der Waals surface area contributed by atoms with Gasteiger partial charge in [-0.3, -0.25) is 9.59 Å². The van der Waals surface area contributed by atoms with Crippen LogP contribution in [0.4, 0.5) is 5.69 Å². The lowest BCUT2D eigenvalue weighted by molar-refractivity contribution is -0.144. The largest absolute Gasteiger partial charge is 0.464 e. The van der Waals surface area contributed by atoms with Gasteiger partial charge in [0.15, 0.2) is 0 Å². The summed E-state index contributed by atoms with van der Waals surface area (Å²) < 4.78 is 6.86. The number of nitrogens with two attached hydrogens (primary N) is 1. The molecule has 0 aliphatic carbocycles. The zero-order chi connectivity index (χ0) is 12.8. The molecule has 0 saturated carbocycles. The molecule has 0 aliphatic heterocycles. The normalized spacial score (nSPS) is 10.2. The van der Waals surface area contributed by atoms with Crippen molar-refractivity contribution >= 4 is 27.6 Å². The Morgan fingerprint density at radius 1 is 1.53 bits per heavy atom. The van der Waals surface area contributed by atoms with Gasteiger partial charge < -0.3 is 15.0 Å². The Balaban J connectivity index is 2.63. The molecule has 0 radical (unpaired) electrons. The first-order valence-corrected chi connectivity index (χ1v) is 6.14. The molecule has 1 aromatic heterocycles. The van der Waals surface area contributed by atoms with E-state index in [1.54, 1.807) is 0 Å². The Bertz CT molecular complexity index is 430. The number of hydrogen-bond donors (Lipinski definition) is 1. The fraction of sp³-hybridized carbons (Fsp3) is 0.455. The Hall–Kier alpha value is -1.30. The summed E-state index contributed by atoms with van der Waals surface area (Å²) in [6.45, 7) is 2.49. The lowest BCUT2D eigenvalue weighted by Crippen LogP contribution is -2.18. The van der Waals surface area contributed by atoms with Crippen molar-refractivity contribution in [3.05, 3.63) is 27.1 Å². The molecular formula is C11H15BrN2O3. The number of unbranched alkanes of at least 4 members (excludes halogenated alkanes) is 1. The highest BCUT2D eigenvalue weighted by Crippen LogP contribution is 2.06. The van der Waals surface area contributed by atoms with Crippen molar-refractivity contribution in [2.45, 2.75) is 26.3 Å². The second kappa shape index (κ2) is 6.44. The summed E-state index contributed by atoms with van der Waals surface area (Å²) in [4.78, 5) is 22.7. The van der Waals surface area contributed by atoms with E-state index in [-0.39, 0.29) is 23.6 Å². The minimum atomic E-state index is -0.339. The second-order valence-electron chi connectivity index (χ2n) is 3.64. The van der Waals surface area contributed by atoms with E-state index in [0.717, 1.165) is 12.8 Å². The Labute approximate surface area is 108 Å². The first-order chi connectivity index (χ1) is 8.04. The van der Waals surface area contributed by atoms with Crippen LogP contribution >= 0.6 is 15.9 Å². The highest BCUT2D eigenvalue weighted by Gasteiger charge is 2.06. The van der Waals surface area contributed by atoms with Gasteiger partial charge in [0, 0.05) is 12.4 Å². The summed E-state index contributed by atoms with van der Waals surface area (Å²) in [7, 11) is 0. The second-order valence-corrected chi connectivity index (χ2v) is 4.49. The fourth-order valence-electron chi connectivity index (χ4n) is 1.23. The van der Waals surface area contributed by atoms with E-state index in [2.05, 4.69) is 15.9 Å². The van der Waals surface area contributed by atoms with Crippen LogP contribution in [0.5, 0.6) is 0 Å². The maximum atomic E-state index is 11.4. The standard InChI is InChI=1S/C11H15BrN2O3/c1-2-3-4-17-10(15)7-14-5-8(12)11(16)9(13)6-14/h5-6H,2-4,7,13H2,1H3. The maximum Gasteiger partial charge on any atom is 0.325 e. The van der Waals surface area contributed by atoms with E-state index in [4.69, 9.17) is 10.5 Å². The number of anilines is 1. The summed E-state index contributed by atoms with van der Waals surface area (Å²) >= 11 is 3.09. The summed E-state index contributed by atoms with van der Waals surface area (Å²) in [5.41, 5.74) is 5.32. The quantitative estimate of drug-likeness (QED) is 0.661. The Morgan fingerprint density at radius 3 is 2.82 bits per heavy atom. The zero-order valence-corrected chi connectivity index (χ0v) is 11.2. The Kier molecular flexibility index (Phi) is 5.21. The van der Waals surface area contributed by atoms with Gasteiger partial charge in [-0.15, -0.1) is 0 Å². The SMILES string of the molecule is CCCCOC(=O)Cn1cc(N)c(=O)c(Br)c1. The molecule has 6 heteroatoms. The van der Waals surface area contributed by atoms with Crippen molar-refractivity contribution in [2.24, 2.45) is 0 Å². The molecule has 2 N–H and O–H groups in total. The molecule has 94 valence electrons. The minimum Gasteiger partial charge on any atom is -0.464 e. The lowest BCUT2D eigenvalue weighted by Gasteiger charge is -2.08. The molecule has 17 heavy (non-hydrogen) atoms. The Morgan fingerprint density at radius 2 is 2.24 bits per heavy atom. The molecule has 5 nitrogen and oxygen atoms in total. The van der Waals surface area contributed by atoms with Gasteiger partial charge in [-0.2, -0.15) is 0 Å². The highest BCUT2D eigenvalue weighted by molar-refractivity contribution is 9.10. The van der Waals surface area contributed by atoms with Crippen LogP contribution < -0.4 is 11.2 Å². The van der Waals surface area contributed by atoms with Crippen LogP contribution in [0.2, 0.25) is 0 Å². The van der Waals surface area contributed by atoms with E-state index >= 15 is 0 Å². The van der Waals surface area contributed by atoms with Crippen molar-refractivity contribution in [1.82, 2.24) is 4.57 Å². The van der Waals surface area contributed by atoms with Gasteiger partial charge in [0.2, 0.25) is 5.43 Å². The maximum absolute atomic E-state index is 11.4. The minimum absolute atomic E-state index is 0.0484. The molecule has 0 atom stereocenters. The number of carbonyl (C=O) groups excluding carboxylic acids is 1. The third-order valence-corrected chi connectivity index (χ3v) is 2.70. The van der Waals surface area contributed by atoms with E-state index < -0.39 is 0 Å². The lowest BCUT2D eigenvalue weighted by atomic mass is 10.4. The van der Waals surface area contributed by atoms with Crippen molar-refractivity contribution in [1.29, 1.82) is 0 Å². The van der Waals surface area contributed by atoms with Gasteiger partial charge in [0.1, 0.15) is 6.54 Å². The molecule has 0 amide bonds. The number of nitrogen functional groups attached to an aromatic ring is 1. The number of rotatable bonds is 5. The molecule has 0 saturated heterocycles. The molecule has 0 unspecified atom stereocenters. The topological polar surface area (TPSA) is 74.3 Å². The third-order valence-electron chi connectivity index (χ3n) is 2.14. The van der Waals surface area contributed by atoms with Gasteiger partial charge in [-0.1, -0.05) is 13.3 Å². The average Bonchev–Trinajstić information content (AvgIpc) is 2.26. The van der Waals surface area contributed by atoms with Crippen LogP contribution in [0.25, 0.3) is 0 Å². The summed E-state index contributed by atoms with van der Waals surface area (Å²) in [6, 6.07) is 0. The number of ether oxygens (including phenoxy) is 1. The van der Waals surface area contributed by atoms with E-state index in [9.17, 15) is 9.59 Å². The molecule has 0 aliphatic rings. The molecule has 0 fully saturated rings. The number of aromatic nitrogens is 1. The van der Waals surface area contributed by atoms with Crippen molar-refractivity contribution in [3.63, 3.8) is 0 Å². The number of hydrogen-bond acceptors (Lipinski definition) is 4. The molecular weight excluding hydrogens is 288 g/mol. The first kappa shape index (κ1) is 13.8. The van der Waals surface area contributed by atoms with Crippen LogP contribution in [0.1, 0.15) is 19.8 Å². The molecule has 0 bridgehead atoms. The van der Waals surface area contributed by atoms with Crippen LogP contribution in [-0.4, -0.2) is 17.1 Å². The molecule has 1 aromatic rings. The van der Waals surface area contributed by atoms with Gasteiger partial charge in [-0.25, -0.2) is 0 Å². The van der Waals surface area contributed by atoms with Gasteiger partial charge in [-0.05, 0) is 22.4 Å². The van der Waals surface area contributed by atoms with Crippen LogP contribution in [0.15, 0.2) is 21.7 Å². The molecule has 0 aromatic carbocycles. The smallest absolute Gasteiger partial charge is 0.325 e. The van der Waals surface area contributed by atoms with Gasteiger partial charge in [0.05, 0.1) is 16.8 Å². The fourth-order valence-corrected chi connectivity index (χ4v) is 1.72. The molecule has 1 rings (SSSR count). The predicted octanol–water partition coefficient (Wildman–Crippen LogP) is 1.54. The van der Waals surface area contributed by atoms with Crippen LogP contribution in [0.3, 0.4) is 0 Å². The molecule has 1 heterocycles. The van der Waals surface area contributed by atoms with Crippen molar-refractivity contribution in [3.8, 4) is 0 Å². The number of pyridine rings is 1.